The molecule has 3 nitrogen and oxygen atoms in total. The normalized spacial score (nSPS) is 10.5. The van der Waals surface area contributed by atoms with Crippen molar-refractivity contribution in [3.05, 3.63) is 40.8 Å². The minimum atomic E-state index is 0.485. The van der Waals surface area contributed by atoms with Crippen molar-refractivity contribution in [2.24, 2.45) is 0 Å². The van der Waals surface area contributed by atoms with Gasteiger partial charge in [-0.05, 0) is 26.0 Å². The summed E-state index contributed by atoms with van der Waals surface area (Å²) >= 11 is 5.96. The van der Waals surface area contributed by atoms with Crippen LogP contribution < -0.4 is 0 Å². The van der Waals surface area contributed by atoms with Crippen LogP contribution in [0.25, 0.3) is 5.82 Å². The molecule has 0 fully saturated rings. The van der Waals surface area contributed by atoms with Crippen LogP contribution in [-0.4, -0.2) is 14.8 Å². The molecule has 0 unspecified atom stereocenters. The summed E-state index contributed by atoms with van der Waals surface area (Å²) in [6, 6.07) is 6.53. The molecule has 1 radical (unpaired) electrons. The van der Waals surface area contributed by atoms with Gasteiger partial charge in [0.25, 0.3) is 0 Å². The highest BCUT2D eigenvalue weighted by Crippen LogP contribution is 2.17. The van der Waals surface area contributed by atoms with E-state index < -0.39 is 0 Å². The SMILES string of the molecule is Cc1cc(C)n(-c2ncc[c]c2Cl)n1. The van der Waals surface area contributed by atoms with E-state index in [1.807, 2.05) is 19.9 Å². The Morgan fingerprint density at radius 3 is 2.79 bits per heavy atom. The Morgan fingerprint density at radius 2 is 2.21 bits per heavy atom. The van der Waals surface area contributed by atoms with E-state index >= 15 is 0 Å². The molecule has 0 spiro atoms. The average molecular weight is 207 g/mol. The van der Waals surface area contributed by atoms with Crippen LogP contribution in [0.3, 0.4) is 0 Å². The summed E-state index contributed by atoms with van der Waals surface area (Å²) in [5, 5.41) is 4.78. The number of rotatable bonds is 1. The third kappa shape index (κ3) is 1.51. The maximum Gasteiger partial charge on any atom is 0.173 e. The highest BCUT2D eigenvalue weighted by atomic mass is 35.5. The summed E-state index contributed by atoms with van der Waals surface area (Å²) in [6.45, 7) is 3.90. The van der Waals surface area contributed by atoms with Crippen LogP contribution >= 0.6 is 11.6 Å². The summed E-state index contributed by atoms with van der Waals surface area (Å²) in [4.78, 5) is 4.16. The van der Waals surface area contributed by atoms with Crippen molar-refractivity contribution in [3.8, 4) is 5.82 Å². The second kappa shape index (κ2) is 3.42. The first kappa shape index (κ1) is 9.21. The van der Waals surface area contributed by atoms with E-state index in [0.29, 0.717) is 10.8 Å². The zero-order valence-corrected chi connectivity index (χ0v) is 8.71. The number of hydrogen-bond donors (Lipinski definition) is 0. The lowest BCUT2D eigenvalue weighted by atomic mass is 10.4. The molecule has 2 heterocycles. The molecule has 4 heteroatoms. The molecule has 0 bridgehead atoms. The Labute approximate surface area is 87.3 Å². The molecule has 0 aliphatic heterocycles. The van der Waals surface area contributed by atoms with Gasteiger partial charge >= 0.3 is 0 Å². The largest absolute Gasteiger partial charge is 0.236 e. The molecular weight excluding hydrogens is 198 g/mol. The Balaban J connectivity index is 2.60. The molecule has 0 aliphatic carbocycles. The standard InChI is InChI=1S/C10H9ClN3/c1-7-6-8(2)14(13-7)10-9(11)4-3-5-12-10/h3,5-6H,1-2H3. The van der Waals surface area contributed by atoms with Crippen molar-refractivity contribution < 1.29 is 0 Å². The van der Waals surface area contributed by atoms with Gasteiger partial charge in [-0.1, -0.05) is 11.6 Å². The average Bonchev–Trinajstić information content (AvgIpc) is 2.46. The topological polar surface area (TPSA) is 30.7 Å². The third-order valence-corrected chi connectivity index (χ3v) is 2.17. The van der Waals surface area contributed by atoms with Crippen LogP contribution in [0.15, 0.2) is 18.3 Å². The van der Waals surface area contributed by atoms with Crippen molar-refractivity contribution >= 4 is 11.6 Å². The molecule has 0 aliphatic rings. The number of halogens is 1. The van der Waals surface area contributed by atoms with E-state index in [4.69, 9.17) is 11.6 Å². The highest BCUT2D eigenvalue weighted by Gasteiger charge is 2.07. The van der Waals surface area contributed by atoms with Gasteiger partial charge in [0.2, 0.25) is 0 Å². The lowest BCUT2D eigenvalue weighted by Gasteiger charge is -2.03. The van der Waals surface area contributed by atoms with E-state index in [2.05, 4.69) is 16.1 Å². The predicted octanol–water partition coefficient (Wildman–Crippen LogP) is 2.34. The number of pyridine rings is 1. The van der Waals surface area contributed by atoms with E-state index in [1.54, 1.807) is 16.9 Å². The maximum absolute atomic E-state index is 5.96. The van der Waals surface area contributed by atoms with E-state index in [9.17, 15) is 0 Å². The summed E-state index contributed by atoms with van der Waals surface area (Å²) in [5.74, 6) is 0.625. The first-order chi connectivity index (χ1) is 6.68. The van der Waals surface area contributed by atoms with Crippen molar-refractivity contribution in [3.63, 3.8) is 0 Å². The molecule has 0 saturated carbocycles. The fourth-order valence-electron chi connectivity index (χ4n) is 1.33. The maximum atomic E-state index is 5.96. The minimum absolute atomic E-state index is 0.485. The number of aryl methyl sites for hydroxylation is 2. The summed E-state index contributed by atoms with van der Waals surface area (Å²) in [6.07, 6.45) is 1.65. The Bertz CT molecular complexity index is 462. The van der Waals surface area contributed by atoms with Gasteiger partial charge in [0.05, 0.1) is 10.7 Å². The Morgan fingerprint density at radius 1 is 1.43 bits per heavy atom. The van der Waals surface area contributed by atoms with Crippen LogP contribution in [0.2, 0.25) is 5.02 Å². The van der Waals surface area contributed by atoms with Crippen LogP contribution in [0.4, 0.5) is 0 Å². The van der Waals surface area contributed by atoms with Crippen LogP contribution in [0.5, 0.6) is 0 Å². The predicted molar refractivity (Wildman–Crippen MR) is 54.7 cm³/mol. The fourth-order valence-corrected chi connectivity index (χ4v) is 1.52. The third-order valence-electron chi connectivity index (χ3n) is 1.89. The smallest absolute Gasteiger partial charge is 0.173 e. The van der Waals surface area contributed by atoms with Gasteiger partial charge in [-0.3, -0.25) is 0 Å². The van der Waals surface area contributed by atoms with Crippen molar-refractivity contribution in [1.29, 1.82) is 0 Å². The zero-order valence-electron chi connectivity index (χ0n) is 7.95. The molecule has 71 valence electrons. The second-order valence-electron chi connectivity index (χ2n) is 3.07. The quantitative estimate of drug-likeness (QED) is 0.717. The van der Waals surface area contributed by atoms with Crippen LogP contribution in [0.1, 0.15) is 11.4 Å². The molecule has 2 rings (SSSR count). The van der Waals surface area contributed by atoms with Gasteiger partial charge in [0.15, 0.2) is 5.82 Å². The Hall–Kier alpha value is -1.35. The van der Waals surface area contributed by atoms with E-state index in [-0.39, 0.29) is 0 Å². The second-order valence-corrected chi connectivity index (χ2v) is 3.44. The van der Waals surface area contributed by atoms with E-state index in [1.165, 1.54) is 0 Å². The van der Waals surface area contributed by atoms with Gasteiger partial charge in [0.1, 0.15) is 0 Å². The lowest BCUT2D eigenvalue weighted by molar-refractivity contribution is 0.806. The van der Waals surface area contributed by atoms with Gasteiger partial charge in [-0.2, -0.15) is 5.10 Å². The molecule has 2 aromatic rings. The van der Waals surface area contributed by atoms with Gasteiger partial charge in [0, 0.05) is 18.0 Å². The molecule has 2 aromatic heterocycles. The summed E-state index contributed by atoms with van der Waals surface area (Å²) in [5.41, 5.74) is 1.96. The van der Waals surface area contributed by atoms with Gasteiger partial charge in [-0.15, -0.1) is 0 Å². The summed E-state index contributed by atoms with van der Waals surface area (Å²) in [7, 11) is 0. The van der Waals surface area contributed by atoms with Crippen molar-refractivity contribution in [2.75, 3.05) is 0 Å². The molecule has 0 saturated heterocycles. The van der Waals surface area contributed by atoms with Gasteiger partial charge in [-0.25, -0.2) is 9.67 Å². The lowest BCUT2D eigenvalue weighted by Crippen LogP contribution is -2.02. The van der Waals surface area contributed by atoms with Gasteiger partial charge < -0.3 is 0 Å². The fraction of sp³-hybridized carbons (Fsp3) is 0.200. The molecule has 0 aromatic carbocycles. The first-order valence-electron chi connectivity index (χ1n) is 4.24. The monoisotopic (exact) mass is 206 g/mol. The Kier molecular flexibility index (Phi) is 2.25. The molecule has 14 heavy (non-hydrogen) atoms. The first-order valence-corrected chi connectivity index (χ1v) is 4.62. The summed E-state index contributed by atoms with van der Waals surface area (Å²) < 4.78 is 1.72. The zero-order chi connectivity index (χ0) is 10.1. The molecule has 0 amide bonds. The minimum Gasteiger partial charge on any atom is -0.236 e. The van der Waals surface area contributed by atoms with Crippen LogP contribution in [0, 0.1) is 19.9 Å². The number of hydrogen-bond acceptors (Lipinski definition) is 2. The molecule has 0 atom stereocenters. The van der Waals surface area contributed by atoms with Crippen molar-refractivity contribution in [2.45, 2.75) is 13.8 Å². The van der Waals surface area contributed by atoms with E-state index in [0.717, 1.165) is 11.4 Å². The molecular formula is C10H9ClN3. The highest BCUT2D eigenvalue weighted by molar-refractivity contribution is 6.31. The van der Waals surface area contributed by atoms with Crippen molar-refractivity contribution in [1.82, 2.24) is 14.8 Å². The number of aromatic nitrogens is 3. The van der Waals surface area contributed by atoms with Crippen LogP contribution in [-0.2, 0) is 0 Å². The molecule has 0 N–H and O–H groups in total. The number of nitrogens with zero attached hydrogens (tertiary/aromatic N) is 3.